The third-order valence-electron chi connectivity index (χ3n) is 1.62. The first-order valence-electron chi connectivity index (χ1n) is 3.88. The maximum Gasteiger partial charge on any atom is 0.391 e. The van der Waals surface area contributed by atoms with E-state index in [1.165, 1.54) is 0 Å². The summed E-state index contributed by atoms with van der Waals surface area (Å²) >= 11 is 0. The van der Waals surface area contributed by atoms with E-state index in [1.54, 1.807) is 0 Å². The summed E-state index contributed by atoms with van der Waals surface area (Å²) < 4.78 is 35.4. The molecule has 0 amide bonds. The highest BCUT2D eigenvalue weighted by Gasteiger charge is 2.34. The largest absolute Gasteiger partial charge is 0.391 e. The Morgan fingerprint density at radius 1 is 1.27 bits per heavy atom. The molecule has 0 saturated carbocycles. The molecule has 0 aromatic heterocycles. The molecule has 0 N–H and O–H groups in total. The molecule has 0 aromatic rings. The van der Waals surface area contributed by atoms with Gasteiger partial charge in [-0.1, -0.05) is 26.2 Å². The van der Waals surface area contributed by atoms with E-state index in [1.807, 2.05) is 6.92 Å². The molecule has 67 valence electrons. The fourth-order valence-electron chi connectivity index (χ4n) is 0.804. The zero-order valence-electron chi connectivity index (χ0n) is 6.75. The van der Waals surface area contributed by atoms with E-state index in [-0.39, 0.29) is 6.42 Å². The van der Waals surface area contributed by atoms with Crippen LogP contribution in [0.3, 0.4) is 0 Å². The zero-order chi connectivity index (χ0) is 8.91. The quantitative estimate of drug-likeness (QED) is 0.561. The van der Waals surface area contributed by atoms with Gasteiger partial charge in [0.05, 0.1) is 5.92 Å². The third-order valence-corrected chi connectivity index (χ3v) is 1.62. The molecular formula is C8H14F3. The minimum absolute atomic E-state index is 0.164. The summed E-state index contributed by atoms with van der Waals surface area (Å²) in [5, 5.41) is 0. The van der Waals surface area contributed by atoms with Crippen LogP contribution in [-0.2, 0) is 0 Å². The third kappa shape index (κ3) is 5.10. The van der Waals surface area contributed by atoms with Gasteiger partial charge in [0.1, 0.15) is 0 Å². The summed E-state index contributed by atoms with van der Waals surface area (Å²) in [6.07, 6.45) is -1.50. The predicted octanol–water partition coefficient (Wildman–Crippen LogP) is 3.58. The minimum atomic E-state index is -4.10. The van der Waals surface area contributed by atoms with Gasteiger partial charge in [-0.25, -0.2) is 0 Å². The normalized spacial score (nSPS) is 15.0. The Hall–Kier alpha value is -0.210. The van der Waals surface area contributed by atoms with Gasteiger partial charge in [-0.3, -0.25) is 0 Å². The molecule has 0 aliphatic rings. The molecule has 3 heteroatoms. The molecule has 0 rings (SSSR count). The van der Waals surface area contributed by atoms with Crippen LogP contribution in [0.1, 0.15) is 32.6 Å². The van der Waals surface area contributed by atoms with Crippen LogP contribution in [0.25, 0.3) is 0 Å². The standard InChI is InChI=1S/C8H14F3/c1-3-4-5-6-7(2)8(9,10)11/h7H,2-6H2,1H3. The maximum absolute atomic E-state index is 11.8. The monoisotopic (exact) mass is 167 g/mol. The van der Waals surface area contributed by atoms with E-state index in [0.717, 1.165) is 12.8 Å². The van der Waals surface area contributed by atoms with Gasteiger partial charge < -0.3 is 0 Å². The van der Waals surface area contributed by atoms with Crippen LogP contribution in [0.4, 0.5) is 13.2 Å². The van der Waals surface area contributed by atoms with Crippen LogP contribution >= 0.6 is 0 Å². The Bertz CT molecular complexity index is 96.0. The molecule has 1 atom stereocenters. The minimum Gasteiger partial charge on any atom is -0.171 e. The van der Waals surface area contributed by atoms with Crippen molar-refractivity contribution in [2.75, 3.05) is 0 Å². The summed E-state index contributed by atoms with van der Waals surface area (Å²) in [7, 11) is 0. The molecule has 0 heterocycles. The molecule has 0 saturated heterocycles. The molecule has 0 fully saturated rings. The maximum atomic E-state index is 11.8. The number of hydrogen-bond donors (Lipinski definition) is 0. The summed E-state index contributed by atoms with van der Waals surface area (Å²) in [5.41, 5.74) is 0. The summed E-state index contributed by atoms with van der Waals surface area (Å²) in [6.45, 7) is 5.02. The second-order valence-electron chi connectivity index (χ2n) is 2.73. The Labute approximate surface area is 65.8 Å². The van der Waals surface area contributed by atoms with Crippen molar-refractivity contribution in [1.82, 2.24) is 0 Å². The smallest absolute Gasteiger partial charge is 0.171 e. The van der Waals surface area contributed by atoms with Crippen LogP contribution in [0.5, 0.6) is 0 Å². The summed E-state index contributed by atoms with van der Waals surface area (Å²) in [4.78, 5) is 0. The number of halogens is 3. The van der Waals surface area contributed by atoms with Crippen molar-refractivity contribution in [3.8, 4) is 0 Å². The van der Waals surface area contributed by atoms with Crippen LogP contribution < -0.4 is 0 Å². The predicted molar refractivity (Wildman–Crippen MR) is 39.0 cm³/mol. The van der Waals surface area contributed by atoms with E-state index in [4.69, 9.17) is 0 Å². The molecule has 0 aliphatic heterocycles. The van der Waals surface area contributed by atoms with Crippen LogP contribution in [0.15, 0.2) is 0 Å². The topological polar surface area (TPSA) is 0 Å². The highest BCUT2D eigenvalue weighted by Crippen LogP contribution is 2.29. The number of rotatable bonds is 4. The van der Waals surface area contributed by atoms with E-state index >= 15 is 0 Å². The lowest BCUT2D eigenvalue weighted by atomic mass is 10.0. The van der Waals surface area contributed by atoms with Gasteiger partial charge in [0.15, 0.2) is 0 Å². The number of unbranched alkanes of at least 4 members (excludes halogenated alkanes) is 2. The van der Waals surface area contributed by atoms with Crippen molar-refractivity contribution < 1.29 is 13.2 Å². The Morgan fingerprint density at radius 2 is 1.82 bits per heavy atom. The second-order valence-corrected chi connectivity index (χ2v) is 2.73. The molecule has 1 unspecified atom stereocenters. The Morgan fingerprint density at radius 3 is 2.18 bits per heavy atom. The van der Waals surface area contributed by atoms with Crippen molar-refractivity contribution in [2.24, 2.45) is 5.92 Å². The highest BCUT2D eigenvalue weighted by molar-refractivity contribution is 4.69. The SMILES string of the molecule is [CH2]C(CCCCC)C(F)(F)F. The summed E-state index contributed by atoms with van der Waals surface area (Å²) in [5.74, 6) is -1.38. The van der Waals surface area contributed by atoms with Gasteiger partial charge in [0, 0.05) is 0 Å². The van der Waals surface area contributed by atoms with Crippen molar-refractivity contribution in [3.63, 3.8) is 0 Å². The highest BCUT2D eigenvalue weighted by atomic mass is 19.4. The molecule has 0 spiro atoms. The molecule has 0 nitrogen and oxygen atoms in total. The van der Waals surface area contributed by atoms with Gasteiger partial charge in [-0.05, 0) is 13.3 Å². The molecule has 0 bridgehead atoms. The Balaban J connectivity index is 3.44. The van der Waals surface area contributed by atoms with Crippen LogP contribution in [0, 0.1) is 12.8 Å². The van der Waals surface area contributed by atoms with Gasteiger partial charge in [0.2, 0.25) is 0 Å². The Kier molecular flexibility index (Phi) is 4.54. The molecule has 0 aromatic carbocycles. The zero-order valence-corrected chi connectivity index (χ0v) is 6.75. The van der Waals surface area contributed by atoms with E-state index < -0.39 is 12.1 Å². The number of hydrogen-bond acceptors (Lipinski definition) is 0. The van der Waals surface area contributed by atoms with Gasteiger partial charge in [-0.2, -0.15) is 13.2 Å². The second kappa shape index (κ2) is 4.62. The first-order chi connectivity index (χ1) is 4.98. The van der Waals surface area contributed by atoms with Crippen molar-refractivity contribution >= 4 is 0 Å². The lowest BCUT2D eigenvalue weighted by Crippen LogP contribution is -2.19. The lowest BCUT2D eigenvalue weighted by Gasteiger charge is -2.14. The number of alkyl halides is 3. The van der Waals surface area contributed by atoms with E-state index in [0.29, 0.717) is 6.42 Å². The van der Waals surface area contributed by atoms with Crippen LogP contribution in [0.2, 0.25) is 0 Å². The fraction of sp³-hybridized carbons (Fsp3) is 0.875. The first-order valence-corrected chi connectivity index (χ1v) is 3.88. The van der Waals surface area contributed by atoms with E-state index in [2.05, 4.69) is 6.92 Å². The lowest BCUT2D eigenvalue weighted by molar-refractivity contribution is -0.163. The van der Waals surface area contributed by atoms with Gasteiger partial charge >= 0.3 is 6.18 Å². The summed E-state index contributed by atoms with van der Waals surface area (Å²) in [6, 6.07) is 0. The van der Waals surface area contributed by atoms with E-state index in [9.17, 15) is 13.2 Å². The van der Waals surface area contributed by atoms with Crippen molar-refractivity contribution in [3.05, 3.63) is 6.92 Å². The van der Waals surface area contributed by atoms with Crippen molar-refractivity contribution in [1.29, 1.82) is 0 Å². The molecule has 0 aliphatic carbocycles. The average molecular weight is 167 g/mol. The average Bonchev–Trinajstić information content (AvgIpc) is 1.86. The first kappa shape index (κ1) is 10.8. The molecule has 1 radical (unpaired) electrons. The van der Waals surface area contributed by atoms with Crippen molar-refractivity contribution in [2.45, 2.75) is 38.8 Å². The molecular weight excluding hydrogens is 153 g/mol. The van der Waals surface area contributed by atoms with Gasteiger partial charge in [-0.15, -0.1) is 0 Å². The molecule has 11 heavy (non-hydrogen) atoms. The van der Waals surface area contributed by atoms with Gasteiger partial charge in [0.25, 0.3) is 0 Å². The fourth-order valence-corrected chi connectivity index (χ4v) is 0.804. The van der Waals surface area contributed by atoms with Crippen LogP contribution in [-0.4, -0.2) is 6.18 Å².